The maximum Gasteiger partial charge on any atom is 0.271 e. The normalized spacial score (nSPS) is 11.4. The first-order valence-corrected chi connectivity index (χ1v) is 6.93. The molecule has 22 heavy (non-hydrogen) atoms. The predicted octanol–water partition coefficient (Wildman–Crippen LogP) is 1.39. The van der Waals surface area contributed by atoms with Gasteiger partial charge in [-0.15, -0.1) is 0 Å². The summed E-state index contributed by atoms with van der Waals surface area (Å²) in [5.41, 5.74) is 4.75. The van der Waals surface area contributed by atoms with Gasteiger partial charge in [0.05, 0.1) is 22.1 Å². The van der Waals surface area contributed by atoms with Crippen LogP contribution in [0.25, 0.3) is 0 Å². The van der Waals surface area contributed by atoms with Crippen LogP contribution in [0, 0.1) is 10.1 Å². The number of hydrazine groups is 1. The SMILES string of the molecule is COC[C@@H](C)NC(=S)NNC(=O)c1ccc([N+](=O)[O-])cc1Cl. The van der Waals surface area contributed by atoms with Gasteiger partial charge in [-0.1, -0.05) is 11.6 Å². The molecule has 0 saturated carbocycles. The van der Waals surface area contributed by atoms with E-state index in [9.17, 15) is 14.9 Å². The quantitative estimate of drug-likeness (QED) is 0.420. The third kappa shape index (κ3) is 5.43. The molecule has 10 heteroatoms. The summed E-state index contributed by atoms with van der Waals surface area (Å²) in [5.74, 6) is -0.566. The highest BCUT2D eigenvalue weighted by Gasteiger charge is 2.15. The predicted molar refractivity (Wildman–Crippen MR) is 85.8 cm³/mol. The van der Waals surface area contributed by atoms with E-state index in [1.54, 1.807) is 7.11 Å². The summed E-state index contributed by atoms with van der Waals surface area (Å²) < 4.78 is 4.94. The van der Waals surface area contributed by atoms with Crippen LogP contribution in [0.2, 0.25) is 5.02 Å². The number of benzene rings is 1. The van der Waals surface area contributed by atoms with Gasteiger partial charge in [0.2, 0.25) is 0 Å². The second-order valence-corrected chi connectivity index (χ2v) is 5.15. The lowest BCUT2D eigenvalue weighted by Gasteiger charge is -2.16. The molecule has 3 N–H and O–H groups in total. The molecule has 120 valence electrons. The van der Waals surface area contributed by atoms with E-state index in [1.165, 1.54) is 12.1 Å². The molecule has 0 spiro atoms. The molecule has 0 aliphatic carbocycles. The average molecular weight is 347 g/mol. The second kappa shape index (κ2) is 8.47. The van der Waals surface area contributed by atoms with Crippen LogP contribution in [0.1, 0.15) is 17.3 Å². The number of ether oxygens (including phenoxy) is 1. The Bertz CT molecular complexity index is 584. The van der Waals surface area contributed by atoms with E-state index in [0.717, 1.165) is 6.07 Å². The van der Waals surface area contributed by atoms with E-state index >= 15 is 0 Å². The van der Waals surface area contributed by atoms with Gasteiger partial charge < -0.3 is 10.1 Å². The second-order valence-electron chi connectivity index (χ2n) is 4.33. The zero-order valence-corrected chi connectivity index (χ0v) is 13.5. The number of rotatable bonds is 5. The highest BCUT2D eigenvalue weighted by atomic mass is 35.5. The van der Waals surface area contributed by atoms with Crippen LogP contribution < -0.4 is 16.2 Å². The lowest BCUT2D eigenvalue weighted by Crippen LogP contribution is -2.50. The van der Waals surface area contributed by atoms with E-state index in [-0.39, 0.29) is 27.4 Å². The van der Waals surface area contributed by atoms with Gasteiger partial charge in [-0.25, -0.2) is 0 Å². The minimum Gasteiger partial charge on any atom is -0.383 e. The molecule has 0 bridgehead atoms. The molecule has 0 unspecified atom stereocenters. The zero-order valence-electron chi connectivity index (χ0n) is 11.9. The Hall–Kier alpha value is -1.97. The van der Waals surface area contributed by atoms with Crippen LogP contribution >= 0.6 is 23.8 Å². The average Bonchev–Trinajstić information content (AvgIpc) is 2.44. The van der Waals surface area contributed by atoms with E-state index in [0.29, 0.717) is 6.61 Å². The van der Waals surface area contributed by atoms with Gasteiger partial charge in [0, 0.05) is 25.3 Å². The molecular formula is C12H15ClN4O4S. The Morgan fingerprint density at radius 3 is 2.73 bits per heavy atom. The number of halogens is 1. The number of nitro groups is 1. The molecule has 0 aromatic heterocycles. The van der Waals surface area contributed by atoms with Crippen LogP contribution in [0.15, 0.2) is 18.2 Å². The monoisotopic (exact) mass is 346 g/mol. The lowest BCUT2D eigenvalue weighted by molar-refractivity contribution is -0.384. The molecule has 1 atom stereocenters. The number of non-ortho nitro benzene ring substituents is 1. The number of carbonyl (C=O) groups is 1. The van der Waals surface area contributed by atoms with Crippen molar-refractivity contribution < 1.29 is 14.5 Å². The van der Waals surface area contributed by atoms with Crippen molar-refractivity contribution in [2.45, 2.75) is 13.0 Å². The van der Waals surface area contributed by atoms with Crippen molar-refractivity contribution in [3.05, 3.63) is 38.9 Å². The molecule has 8 nitrogen and oxygen atoms in total. The lowest BCUT2D eigenvalue weighted by atomic mass is 10.2. The molecule has 1 aromatic rings. The van der Waals surface area contributed by atoms with Gasteiger partial charge in [0.1, 0.15) is 0 Å². The van der Waals surface area contributed by atoms with Crippen LogP contribution in [-0.2, 0) is 4.74 Å². The van der Waals surface area contributed by atoms with E-state index < -0.39 is 10.8 Å². The Morgan fingerprint density at radius 1 is 1.50 bits per heavy atom. The molecule has 0 aliphatic heterocycles. The van der Waals surface area contributed by atoms with E-state index in [4.69, 9.17) is 28.6 Å². The van der Waals surface area contributed by atoms with Crippen molar-refractivity contribution >= 4 is 40.5 Å². The van der Waals surface area contributed by atoms with Gasteiger partial charge in [-0.3, -0.25) is 25.8 Å². The minimum absolute atomic E-state index is 0.0277. The first-order valence-electron chi connectivity index (χ1n) is 6.15. The molecule has 1 rings (SSSR count). The third-order valence-electron chi connectivity index (χ3n) is 2.49. The number of carbonyl (C=O) groups excluding carboxylic acids is 1. The summed E-state index contributed by atoms with van der Waals surface area (Å²) in [6.07, 6.45) is 0. The van der Waals surface area contributed by atoms with Crippen molar-refractivity contribution in [2.75, 3.05) is 13.7 Å². The van der Waals surface area contributed by atoms with Crippen molar-refractivity contribution in [3.63, 3.8) is 0 Å². The molecule has 0 saturated heterocycles. The van der Waals surface area contributed by atoms with Crippen LogP contribution in [-0.4, -0.2) is 35.7 Å². The first kappa shape index (κ1) is 18.1. The molecule has 0 aliphatic rings. The number of hydrogen-bond donors (Lipinski definition) is 3. The maximum absolute atomic E-state index is 11.9. The number of nitrogens with zero attached hydrogens (tertiary/aromatic N) is 1. The van der Waals surface area contributed by atoms with Crippen molar-refractivity contribution in [1.29, 1.82) is 0 Å². The number of amides is 1. The maximum atomic E-state index is 11.9. The smallest absolute Gasteiger partial charge is 0.271 e. The highest BCUT2D eigenvalue weighted by Crippen LogP contribution is 2.22. The van der Waals surface area contributed by atoms with Gasteiger partial charge in [-0.2, -0.15) is 0 Å². The van der Waals surface area contributed by atoms with Crippen LogP contribution in [0.5, 0.6) is 0 Å². The molecular weight excluding hydrogens is 332 g/mol. The summed E-state index contributed by atoms with van der Waals surface area (Å²) in [5, 5.41) is 13.7. The molecule has 0 heterocycles. The summed E-state index contributed by atoms with van der Waals surface area (Å²) >= 11 is 10.8. The number of hydrogen-bond acceptors (Lipinski definition) is 5. The Kier molecular flexibility index (Phi) is 6.96. The fraction of sp³-hybridized carbons (Fsp3) is 0.333. The molecule has 1 amide bonds. The fourth-order valence-corrected chi connectivity index (χ4v) is 2.05. The summed E-state index contributed by atoms with van der Waals surface area (Å²) in [4.78, 5) is 21.9. The van der Waals surface area contributed by atoms with Gasteiger partial charge in [0.15, 0.2) is 5.11 Å². The summed E-state index contributed by atoms with van der Waals surface area (Å²) in [6.45, 7) is 2.30. The largest absolute Gasteiger partial charge is 0.383 e. The molecule has 0 fully saturated rings. The number of thiocarbonyl (C=S) groups is 1. The minimum atomic E-state index is -0.595. The zero-order chi connectivity index (χ0) is 16.7. The van der Waals surface area contributed by atoms with Crippen molar-refractivity contribution in [2.24, 2.45) is 0 Å². The molecule has 0 radical (unpaired) electrons. The van der Waals surface area contributed by atoms with E-state index in [2.05, 4.69) is 16.2 Å². The Labute approximate surface area is 137 Å². The summed E-state index contributed by atoms with van der Waals surface area (Å²) in [7, 11) is 1.56. The standard InChI is InChI=1S/C12H15ClN4O4S/c1-7(6-21-2)14-12(22)16-15-11(18)9-4-3-8(17(19)20)5-10(9)13/h3-5,7H,6H2,1-2H3,(H,15,18)(H2,14,16,22)/t7-/m1/s1. The first-order chi connectivity index (χ1) is 10.3. The van der Waals surface area contributed by atoms with E-state index in [1.807, 2.05) is 6.92 Å². The topological polar surface area (TPSA) is 106 Å². The van der Waals surface area contributed by atoms with Crippen LogP contribution in [0.4, 0.5) is 5.69 Å². The molecule has 1 aromatic carbocycles. The Balaban J connectivity index is 2.59. The Morgan fingerprint density at radius 2 is 2.18 bits per heavy atom. The number of nitro benzene ring substituents is 1. The third-order valence-corrected chi connectivity index (χ3v) is 3.02. The summed E-state index contributed by atoms with van der Waals surface area (Å²) in [6, 6.07) is 3.53. The van der Waals surface area contributed by atoms with Gasteiger partial charge >= 0.3 is 0 Å². The van der Waals surface area contributed by atoms with Gasteiger partial charge in [0.25, 0.3) is 11.6 Å². The highest BCUT2D eigenvalue weighted by molar-refractivity contribution is 7.80. The number of methoxy groups -OCH3 is 1. The fourth-order valence-electron chi connectivity index (χ4n) is 1.53. The van der Waals surface area contributed by atoms with Crippen molar-refractivity contribution in [1.82, 2.24) is 16.2 Å². The van der Waals surface area contributed by atoms with Crippen LogP contribution in [0.3, 0.4) is 0 Å². The van der Waals surface area contributed by atoms with Gasteiger partial charge in [-0.05, 0) is 25.2 Å². The number of nitrogens with one attached hydrogen (secondary N) is 3. The van der Waals surface area contributed by atoms with Crippen molar-refractivity contribution in [3.8, 4) is 0 Å².